The number of benzene rings is 2. The van der Waals surface area contributed by atoms with Crippen LogP contribution in [0.1, 0.15) is 77.8 Å². The lowest BCUT2D eigenvalue weighted by Gasteiger charge is -2.39. The average Bonchev–Trinajstić information content (AvgIpc) is 3.20. The van der Waals surface area contributed by atoms with E-state index < -0.39 is 6.04 Å². The summed E-state index contributed by atoms with van der Waals surface area (Å²) < 4.78 is 6.08. The monoisotopic (exact) mass is 765 g/mol. The largest absolute Gasteiger partial charge is 0.490 e. The summed E-state index contributed by atoms with van der Waals surface area (Å²) >= 11 is 6.14. The summed E-state index contributed by atoms with van der Waals surface area (Å²) in [5.41, 5.74) is 3.08. The molecule has 288 valence electrons. The summed E-state index contributed by atoms with van der Waals surface area (Å²) in [7, 11) is 0. The number of amides is 3. The fourth-order valence-electron chi connectivity index (χ4n) is 7.93. The van der Waals surface area contributed by atoms with Crippen molar-refractivity contribution in [3.8, 4) is 11.8 Å². The summed E-state index contributed by atoms with van der Waals surface area (Å²) in [5.74, 6) is 1.41. The standard InChI is InChI=1S/C41H48ClN9O4/c1-27-2-13-36(40(53)44-27)46-39(52)29-3-8-32(9-4-29)50-22-20-49(21-23-50)26-28-16-18-51(19-17-28)38-15-14-37(47-48-38)41(54)45-31-6-11-33(12-7-31)55-34-10-5-30(25-43)35(42)24-34/h3-5,8-10,14-15,24,28,31,33,36H,1-2,6-7,11-13,16-23,26H2,(H,44,53)(H,45,54)(H,46,52). The van der Waals surface area contributed by atoms with Gasteiger partial charge in [-0.1, -0.05) is 18.2 Å². The van der Waals surface area contributed by atoms with Gasteiger partial charge in [0, 0.05) is 74.9 Å². The molecule has 4 aliphatic rings. The maximum atomic E-state index is 13.0. The molecule has 13 nitrogen and oxygen atoms in total. The number of allylic oxidation sites excluding steroid dienone is 1. The predicted octanol–water partition coefficient (Wildman–Crippen LogP) is 4.68. The Hall–Kier alpha value is -5.19. The molecular weight excluding hydrogens is 718 g/mol. The SMILES string of the molecule is C=C1CCC(NC(=O)c2ccc(N3CCN(CC4CCN(c5ccc(C(=O)NC6CCC(Oc7ccc(C#N)c(Cl)c7)CC6)nn5)CC4)CC3)cc2)C(=O)N1. The van der Waals surface area contributed by atoms with Crippen molar-refractivity contribution >= 4 is 40.8 Å². The molecule has 4 heterocycles. The van der Waals surface area contributed by atoms with Crippen LogP contribution in [0.3, 0.4) is 0 Å². The molecule has 3 aliphatic heterocycles. The quantitative estimate of drug-likeness (QED) is 0.265. The number of carbonyl (C=O) groups excluding carboxylic acids is 3. The van der Waals surface area contributed by atoms with Crippen LogP contribution in [0.15, 0.2) is 66.9 Å². The van der Waals surface area contributed by atoms with E-state index in [0.717, 1.165) is 95.8 Å². The van der Waals surface area contributed by atoms with Gasteiger partial charge in [0.05, 0.1) is 16.7 Å². The van der Waals surface area contributed by atoms with Gasteiger partial charge in [0.1, 0.15) is 17.9 Å². The molecule has 1 saturated carbocycles. The Morgan fingerprint density at radius 2 is 1.62 bits per heavy atom. The number of nitriles is 1. The number of piperazine rings is 1. The Morgan fingerprint density at radius 3 is 2.27 bits per heavy atom. The van der Waals surface area contributed by atoms with Gasteiger partial charge in [-0.25, -0.2) is 0 Å². The van der Waals surface area contributed by atoms with Crippen LogP contribution in [0.4, 0.5) is 11.5 Å². The molecule has 2 aromatic carbocycles. The number of nitrogens with zero attached hydrogens (tertiary/aromatic N) is 6. The predicted molar refractivity (Wildman–Crippen MR) is 210 cm³/mol. The maximum Gasteiger partial charge on any atom is 0.272 e. The minimum atomic E-state index is -0.535. The molecule has 3 amide bonds. The lowest BCUT2D eigenvalue weighted by atomic mass is 9.93. The first kappa shape index (κ1) is 38.1. The number of ether oxygens (including phenoxy) is 1. The lowest BCUT2D eigenvalue weighted by molar-refractivity contribution is -0.123. The highest BCUT2D eigenvalue weighted by molar-refractivity contribution is 6.31. The third-order valence-electron chi connectivity index (χ3n) is 11.2. The van der Waals surface area contributed by atoms with Gasteiger partial charge in [-0.3, -0.25) is 19.3 Å². The maximum absolute atomic E-state index is 13.0. The van der Waals surface area contributed by atoms with E-state index in [4.69, 9.17) is 21.6 Å². The molecule has 0 spiro atoms. The van der Waals surface area contributed by atoms with Gasteiger partial charge in [-0.2, -0.15) is 5.26 Å². The molecule has 7 rings (SSSR count). The van der Waals surface area contributed by atoms with Crippen molar-refractivity contribution < 1.29 is 19.1 Å². The second kappa shape index (κ2) is 17.5. The van der Waals surface area contributed by atoms with Crippen molar-refractivity contribution in [2.45, 2.75) is 69.6 Å². The van der Waals surface area contributed by atoms with E-state index in [-0.39, 0.29) is 29.9 Å². The Morgan fingerprint density at radius 1 is 0.873 bits per heavy atom. The van der Waals surface area contributed by atoms with E-state index in [2.05, 4.69) is 53.5 Å². The first-order valence-corrected chi connectivity index (χ1v) is 19.7. The summed E-state index contributed by atoms with van der Waals surface area (Å²) in [5, 5.41) is 26.8. The average molecular weight is 766 g/mol. The molecule has 1 atom stereocenters. The van der Waals surface area contributed by atoms with Crippen LogP contribution < -0.4 is 30.5 Å². The summed E-state index contributed by atoms with van der Waals surface area (Å²) in [4.78, 5) is 45.1. The molecular formula is C41H48ClN9O4. The Bertz CT molecular complexity index is 1890. The zero-order chi connectivity index (χ0) is 38.3. The summed E-state index contributed by atoms with van der Waals surface area (Å²) in [6.45, 7) is 10.5. The van der Waals surface area contributed by atoms with Crippen LogP contribution in [0.25, 0.3) is 0 Å². The minimum absolute atomic E-state index is 0.0330. The Balaban J connectivity index is 0.789. The van der Waals surface area contributed by atoms with Crippen molar-refractivity contribution in [2.24, 2.45) is 5.92 Å². The second-order valence-electron chi connectivity index (χ2n) is 15.0. The number of hydrogen-bond donors (Lipinski definition) is 3. The number of halogens is 1. The number of piperidine rings is 2. The van der Waals surface area contributed by atoms with Crippen LogP contribution in [-0.2, 0) is 4.79 Å². The zero-order valence-corrected chi connectivity index (χ0v) is 31.8. The van der Waals surface area contributed by atoms with Crippen molar-refractivity contribution in [1.29, 1.82) is 5.26 Å². The first-order valence-electron chi connectivity index (χ1n) is 19.3. The fraction of sp³-hybridized carbons (Fsp3) is 0.463. The third-order valence-corrected chi connectivity index (χ3v) is 11.5. The molecule has 1 aromatic heterocycles. The molecule has 3 N–H and O–H groups in total. The van der Waals surface area contributed by atoms with E-state index in [1.54, 1.807) is 24.3 Å². The van der Waals surface area contributed by atoms with Crippen molar-refractivity contribution in [1.82, 2.24) is 31.0 Å². The summed E-state index contributed by atoms with van der Waals surface area (Å²) in [6, 6.07) is 18.0. The molecule has 0 radical (unpaired) electrons. The molecule has 1 aliphatic carbocycles. The van der Waals surface area contributed by atoms with Crippen molar-refractivity contribution in [2.75, 3.05) is 55.6 Å². The number of rotatable bonds is 10. The van der Waals surface area contributed by atoms with Gasteiger partial charge >= 0.3 is 0 Å². The zero-order valence-electron chi connectivity index (χ0n) is 31.0. The fourth-order valence-corrected chi connectivity index (χ4v) is 8.14. The summed E-state index contributed by atoms with van der Waals surface area (Å²) in [6.07, 6.45) is 6.62. The normalized spacial score (nSPS) is 22.4. The van der Waals surface area contributed by atoms with Crippen molar-refractivity contribution in [3.63, 3.8) is 0 Å². The third kappa shape index (κ3) is 9.74. The van der Waals surface area contributed by atoms with E-state index in [1.165, 1.54) is 0 Å². The molecule has 55 heavy (non-hydrogen) atoms. The molecule has 3 saturated heterocycles. The van der Waals surface area contributed by atoms with Crippen molar-refractivity contribution in [3.05, 3.63) is 88.7 Å². The molecule has 1 unspecified atom stereocenters. The van der Waals surface area contributed by atoms with Gasteiger partial charge < -0.3 is 30.5 Å². The van der Waals surface area contributed by atoms with Gasteiger partial charge in [-0.15, -0.1) is 10.2 Å². The van der Waals surface area contributed by atoms with Gasteiger partial charge in [0.2, 0.25) is 5.91 Å². The number of carbonyl (C=O) groups is 3. The topological polar surface area (TPSA) is 156 Å². The molecule has 4 fully saturated rings. The highest BCUT2D eigenvalue weighted by Gasteiger charge is 2.28. The smallest absolute Gasteiger partial charge is 0.272 e. The van der Waals surface area contributed by atoms with Crippen LogP contribution in [-0.4, -0.2) is 96.8 Å². The first-order chi connectivity index (χ1) is 26.7. The lowest BCUT2D eigenvalue weighted by Crippen LogP contribution is -2.49. The molecule has 0 bridgehead atoms. The van der Waals surface area contributed by atoms with E-state index in [9.17, 15) is 14.4 Å². The van der Waals surface area contributed by atoms with Crippen LogP contribution in [0.2, 0.25) is 5.02 Å². The number of anilines is 2. The number of nitrogens with one attached hydrogen (secondary N) is 3. The highest BCUT2D eigenvalue weighted by atomic mass is 35.5. The molecule has 3 aromatic rings. The Kier molecular flexibility index (Phi) is 12.1. The van der Waals surface area contributed by atoms with Crippen LogP contribution in [0, 0.1) is 17.2 Å². The second-order valence-corrected chi connectivity index (χ2v) is 15.4. The van der Waals surface area contributed by atoms with E-state index in [0.29, 0.717) is 52.0 Å². The van der Waals surface area contributed by atoms with Crippen LogP contribution >= 0.6 is 11.6 Å². The van der Waals surface area contributed by atoms with E-state index >= 15 is 0 Å². The van der Waals surface area contributed by atoms with Crippen LogP contribution in [0.5, 0.6) is 5.75 Å². The minimum Gasteiger partial charge on any atom is -0.490 e. The van der Waals surface area contributed by atoms with Gasteiger partial charge in [-0.05, 0) is 106 Å². The molecule has 14 heteroatoms. The highest BCUT2D eigenvalue weighted by Crippen LogP contribution is 2.28. The van der Waals surface area contributed by atoms with Gasteiger partial charge in [0.15, 0.2) is 11.5 Å². The number of hydrogen-bond acceptors (Lipinski definition) is 10. The number of aromatic nitrogens is 2. The van der Waals surface area contributed by atoms with E-state index in [1.807, 2.05) is 30.3 Å². The Labute approximate surface area is 327 Å². The van der Waals surface area contributed by atoms with Gasteiger partial charge in [0.25, 0.3) is 11.8 Å².